The third-order valence-electron chi connectivity index (χ3n) is 4.78. The summed E-state index contributed by atoms with van der Waals surface area (Å²) in [7, 11) is 0. The Balaban J connectivity index is 1.53. The Labute approximate surface area is 160 Å². The Bertz CT molecular complexity index is 751. The summed E-state index contributed by atoms with van der Waals surface area (Å²) < 4.78 is 5.76. The first-order chi connectivity index (χ1) is 13.2. The van der Waals surface area contributed by atoms with Crippen LogP contribution in [0.25, 0.3) is 0 Å². The van der Waals surface area contributed by atoms with Gasteiger partial charge in [0, 0.05) is 31.1 Å². The Morgan fingerprint density at radius 2 is 1.63 bits per heavy atom. The highest BCUT2D eigenvalue weighted by Crippen LogP contribution is 2.23. The molecule has 142 valence electrons. The van der Waals surface area contributed by atoms with Crippen LogP contribution in [-0.2, 0) is 4.79 Å². The van der Waals surface area contributed by atoms with Gasteiger partial charge in [0.1, 0.15) is 11.5 Å². The van der Waals surface area contributed by atoms with Crippen LogP contribution in [0.1, 0.15) is 36.5 Å². The number of carbonyl (C=O) groups excluding carboxylic acids is 2. The van der Waals surface area contributed by atoms with Crippen LogP contribution in [0.4, 0.5) is 0 Å². The van der Waals surface area contributed by atoms with Crippen molar-refractivity contribution in [3.8, 4) is 11.5 Å². The quantitative estimate of drug-likeness (QED) is 0.845. The van der Waals surface area contributed by atoms with Gasteiger partial charge in [-0.05, 0) is 55.7 Å². The molecule has 0 aliphatic carbocycles. The Morgan fingerprint density at radius 3 is 2.26 bits per heavy atom. The van der Waals surface area contributed by atoms with E-state index in [1.807, 2.05) is 54.3 Å². The zero-order valence-corrected chi connectivity index (χ0v) is 15.7. The topological polar surface area (TPSA) is 58.6 Å². The van der Waals surface area contributed by atoms with E-state index in [2.05, 4.69) is 5.32 Å². The minimum absolute atomic E-state index is 0.00803. The number of ether oxygens (including phenoxy) is 1. The van der Waals surface area contributed by atoms with Gasteiger partial charge in [0.05, 0.1) is 0 Å². The molecule has 5 heteroatoms. The number of nitrogens with zero attached hydrogens (tertiary/aromatic N) is 1. The van der Waals surface area contributed by atoms with Gasteiger partial charge in [-0.2, -0.15) is 0 Å². The first-order valence-electron chi connectivity index (χ1n) is 9.57. The van der Waals surface area contributed by atoms with Gasteiger partial charge in [0.2, 0.25) is 5.91 Å². The standard InChI is InChI=1S/C22H26N2O3/c1-2-14-23-21(25)17-12-15-24(16-13-17)22(26)18-8-10-20(11-9-18)27-19-6-4-3-5-7-19/h3-11,17H,2,12-16H2,1H3,(H,23,25). The number of likely N-dealkylation sites (tertiary alicyclic amines) is 1. The average Bonchev–Trinajstić information content (AvgIpc) is 2.73. The van der Waals surface area contributed by atoms with Gasteiger partial charge in [0.15, 0.2) is 0 Å². The van der Waals surface area contributed by atoms with Crippen molar-refractivity contribution in [2.75, 3.05) is 19.6 Å². The molecule has 1 heterocycles. The SMILES string of the molecule is CCCNC(=O)C1CCN(C(=O)c2ccc(Oc3ccccc3)cc2)CC1. The first kappa shape index (κ1) is 19.0. The zero-order valence-electron chi connectivity index (χ0n) is 15.7. The summed E-state index contributed by atoms with van der Waals surface area (Å²) in [6.07, 6.45) is 2.38. The van der Waals surface area contributed by atoms with E-state index in [-0.39, 0.29) is 17.7 Å². The minimum Gasteiger partial charge on any atom is -0.457 e. The number of hydrogen-bond donors (Lipinski definition) is 1. The van der Waals surface area contributed by atoms with Crippen molar-refractivity contribution in [2.45, 2.75) is 26.2 Å². The van der Waals surface area contributed by atoms with Crippen molar-refractivity contribution in [1.29, 1.82) is 0 Å². The van der Waals surface area contributed by atoms with Gasteiger partial charge in [-0.25, -0.2) is 0 Å². The van der Waals surface area contributed by atoms with Crippen LogP contribution < -0.4 is 10.1 Å². The summed E-state index contributed by atoms with van der Waals surface area (Å²) >= 11 is 0. The van der Waals surface area contributed by atoms with E-state index in [9.17, 15) is 9.59 Å². The fourth-order valence-electron chi connectivity index (χ4n) is 3.21. The van der Waals surface area contributed by atoms with Crippen molar-refractivity contribution < 1.29 is 14.3 Å². The molecule has 1 fully saturated rings. The van der Waals surface area contributed by atoms with Crippen molar-refractivity contribution >= 4 is 11.8 Å². The summed E-state index contributed by atoms with van der Waals surface area (Å²) in [4.78, 5) is 26.6. The van der Waals surface area contributed by atoms with Crippen LogP contribution in [0.15, 0.2) is 54.6 Å². The number of para-hydroxylation sites is 1. The first-order valence-corrected chi connectivity index (χ1v) is 9.57. The van der Waals surface area contributed by atoms with E-state index in [1.54, 1.807) is 12.1 Å². The number of benzene rings is 2. The second kappa shape index (κ2) is 9.21. The van der Waals surface area contributed by atoms with Gasteiger partial charge >= 0.3 is 0 Å². The third kappa shape index (κ3) is 5.09. The van der Waals surface area contributed by atoms with E-state index in [0.717, 1.165) is 31.6 Å². The molecule has 0 unspecified atom stereocenters. The number of carbonyl (C=O) groups is 2. The van der Waals surface area contributed by atoms with Gasteiger partial charge < -0.3 is 15.0 Å². The molecule has 0 spiro atoms. The highest BCUT2D eigenvalue weighted by Gasteiger charge is 2.27. The maximum atomic E-state index is 12.7. The molecular weight excluding hydrogens is 340 g/mol. The van der Waals surface area contributed by atoms with Crippen LogP contribution in [-0.4, -0.2) is 36.3 Å². The second-order valence-electron chi connectivity index (χ2n) is 6.80. The maximum Gasteiger partial charge on any atom is 0.253 e. The van der Waals surface area contributed by atoms with Crippen molar-refractivity contribution in [1.82, 2.24) is 10.2 Å². The van der Waals surface area contributed by atoms with Crippen LogP contribution in [0.3, 0.4) is 0 Å². The average molecular weight is 366 g/mol. The van der Waals surface area contributed by atoms with Crippen molar-refractivity contribution in [3.05, 3.63) is 60.2 Å². The molecule has 3 rings (SSSR count). The minimum atomic E-state index is 0.00803. The molecule has 5 nitrogen and oxygen atoms in total. The summed E-state index contributed by atoms with van der Waals surface area (Å²) in [5.74, 6) is 1.60. The summed E-state index contributed by atoms with van der Waals surface area (Å²) in [5.41, 5.74) is 0.643. The van der Waals surface area contributed by atoms with Crippen molar-refractivity contribution in [2.24, 2.45) is 5.92 Å². The molecule has 1 aliphatic rings. The predicted molar refractivity (Wildman–Crippen MR) is 105 cm³/mol. The normalized spacial score (nSPS) is 14.6. The van der Waals surface area contributed by atoms with E-state index in [0.29, 0.717) is 24.4 Å². The van der Waals surface area contributed by atoms with Crippen LogP contribution in [0.2, 0.25) is 0 Å². The lowest BCUT2D eigenvalue weighted by molar-refractivity contribution is -0.126. The number of piperidine rings is 1. The molecule has 1 aliphatic heterocycles. The number of nitrogens with one attached hydrogen (secondary N) is 1. The Morgan fingerprint density at radius 1 is 1.00 bits per heavy atom. The monoisotopic (exact) mass is 366 g/mol. The molecule has 2 aromatic rings. The zero-order chi connectivity index (χ0) is 19.1. The second-order valence-corrected chi connectivity index (χ2v) is 6.80. The molecule has 0 bridgehead atoms. The number of hydrogen-bond acceptors (Lipinski definition) is 3. The molecule has 2 amide bonds. The fraction of sp³-hybridized carbons (Fsp3) is 0.364. The molecule has 0 atom stereocenters. The third-order valence-corrected chi connectivity index (χ3v) is 4.78. The van der Waals surface area contributed by atoms with Gasteiger partial charge in [-0.15, -0.1) is 0 Å². The lowest BCUT2D eigenvalue weighted by Gasteiger charge is -2.31. The highest BCUT2D eigenvalue weighted by atomic mass is 16.5. The number of rotatable bonds is 6. The highest BCUT2D eigenvalue weighted by molar-refractivity contribution is 5.94. The van der Waals surface area contributed by atoms with E-state index < -0.39 is 0 Å². The van der Waals surface area contributed by atoms with Gasteiger partial charge in [-0.3, -0.25) is 9.59 Å². The predicted octanol–water partition coefficient (Wildman–Crippen LogP) is 3.86. The molecule has 2 aromatic carbocycles. The van der Waals surface area contributed by atoms with E-state index in [1.165, 1.54) is 0 Å². The summed E-state index contributed by atoms with van der Waals surface area (Å²) in [5, 5.41) is 2.95. The molecule has 0 aromatic heterocycles. The lowest BCUT2D eigenvalue weighted by Crippen LogP contribution is -2.43. The van der Waals surface area contributed by atoms with Gasteiger partial charge in [0.25, 0.3) is 5.91 Å². The Hall–Kier alpha value is -2.82. The van der Waals surface area contributed by atoms with Gasteiger partial charge in [-0.1, -0.05) is 25.1 Å². The van der Waals surface area contributed by atoms with Crippen molar-refractivity contribution in [3.63, 3.8) is 0 Å². The summed E-state index contributed by atoms with van der Waals surface area (Å²) in [6, 6.07) is 16.8. The molecule has 0 saturated carbocycles. The van der Waals surface area contributed by atoms with Crippen LogP contribution in [0, 0.1) is 5.92 Å². The van der Waals surface area contributed by atoms with Crippen LogP contribution in [0.5, 0.6) is 11.5 Å². The molecule has 1 N–H and O–H groups in total. The van der Waals surface area contributed by atoms with Crippen LogP contribution >= 0.6 is 0 Å². The Kier molecular flexibility index (Phi) is 6.47. The molecule has 27 heavy (non-hydrogen) atoms. The maximum absolute atomic E-state index is 12.7. The van der Waals surface area contributed by atoms with E-state index >= 15 is 0 Å². The molecule has 0 radical (unpaired) electrons. The largest absolute Gasteiger partial charge is 0.457 e. The number of amides is 2. The molecular formula is C22H26N2O3. The summed E-state index contributed by atoms with van der Waals surface area (Å²) in [6.45, 7) is 3.99. The lowest BCUT2D eigenvalue weighted by atomic mass is 9.95. The van der Waals surface area contributed by atoms with E-state index in [4.69, 9.17) is 4.74 Å². The fourth-order valence-corrected chi connectivity index (χ4v) is 3.21. The molecule has 1 saturated heterocycles. The smallest absolute Gasteiger partial charge is 0.253 e.